The molecule has 0 spiro atoms. The maximum atomic E-state index is 12.9. The zero-order valence-corrected chi connectivity index (χ0v) is 20.3. The lowest BCUT2D eigenvalue weighted by molar-refractivity contribution is -0.116. The summed E-state index contributed by atoms with van der Waals surface area (Å²) in [5.74, 6) is -0.110. The largest absolute Gasteiger partial charge is 0.348 e. The van der Waals surface area contributed by atoms with Gasteiger partial charge in [-0.25, -0.2) is 8.42 Å². The van der Waals surface area contributed by atoms with Gasteiger partial charge in [0, 0.05) is 31.3 Å². The molecule has 0 aliphatic rings. The molecule has 34 heavy (non-hydrogen) atoms. The van der Waals surface area contributed by atoms with Crippen LogP contribution in [0.15, 0.2) is 83.8 Å². The Morgan fingerprint density at radius 2 is 1.59 bits per heavy atom. The number of anilines is 2. The van der Waals surface area contributed by atoms with E-state index in [4.69, 9.17) is 0 Å². The highest BCUT2D eigenvalue weighted by atomic mass is 32.2. The van der Waals surface area contributed by atoms with Crippen LogP contribution in [-0.2, 0) is 21.4 Å². The summed E-state index contributed by atoms with van der Waals surface area (Å²) >= 11 is 0. The molecule has 0 radical (unpaired) electrons. The molecule has 0 fully saturated rings. The highest BCUT2D eigenvalue weighted by Crippen LogP contribution is 2.22. The van der Waals surface area contributed by atoms with Crippen molar-refractivity contribution in [3.05, 3.63) is 90.0 Å². The quantitative estimate of drug-likeness (QED) is 0.475. The Hall–Kier alpha value is -3.65. The first kappa shape index (κ1) is 25.0. The first-order chi connectivity index (χ1) is 16.2. The number of nitrogens with one attached hydrogen (secondary N) is 2. The molecule has 0 aliphatic heterocycles. The minimum absolute atomic E-state index is 0.0517. The second kappa shape index (κ2) is 11.0. The van der Waals surface area contributed by atoms with Gasteiger partial charge in [0.15, 0.2) is 0 Å². The van der Waals surface area contributed by atoms with E-state index in [2.05, 4.69) is 10.6 Å². The fourth-order valence-electron chi connectivity index (χ4n) is 3.34. The molecule has 3 aromatic rings. The molecule has 7 nitrogen and oxygen atoms in total. The zero-order valence-electron chi connectivity index (χ0n) is 19.5. The number of sulfonamides is 1. The minimum Gasteiger partial charge on any atom is -0.348 e. The van der Waals surface area contributed by atoms with Crippen LogP contribution >= 0.6 is 0 Å². The first-order valence-corrected chi connectivity index (χ1v) is 12.4. The van der Waals surface area contributed by atoms with Crippen LogP contribution in [0.1, 0.15) is 36.2 Å². The van der Waals surface area contributed by atoms with Crippen molar-refractivity contribution < 1.29 is 18.0 Å². The maximum Gasteiger partial charge on any atom is 0.264 e. The van der Waals surface area contributed by atoms with Gasteiger partial charge in [0.25, 0.3) is 15.9 Å². The van der Waals surface area contributed by atoms with E-state index in [9.17, 15) is 18.0 Å². The minimum atomic E-state index is -3.75. The molecule has 0 atom stereocenters. The van der Waals surface area contributed by atoms with Crippen molar-refractivity contribution in [1.29, 1.82) is 0 Å². The predicted octanol–water partition coefficient (Wildman–Crippen LogP) is 4.43. The van der Waals surface area contributed by atoms with Crippen LogP contribution in [0.5, 0.6) is 0 Å². The third-order valence-electron chi connectivity index (χ3n) is 5.15. The number of benzene rings is 3. The fraction of sp³-hybridized carbons (Fsp3) is 0.231. The molecule has 3 aromatic carbocycles. The lowest BCUT2D eigenvalue weighted by Crippen LogP contribution is -2.27. The van der Waals surface area contributed by atoms with E-state index in [0.717, 1.165) is 5.56 Å². The van der Waals surface area contributed by atoms with Crippen molar-refractivity contribution in [2.24, 2.45) is 5.92 Å². The Labute approximate surface area is 200 Å². The summed E-state index contributed by atoms with van der Waals surface area (Å²) in [6, 6.07) is 21.9. The van der Waals surface area contributed by atoms with Crippen LogP contribution < -0.4 is 14.9 Å². The van der Waals surface area contributed by atoms with E-state index >= 15 is 0 Å². The number of hydrogen-bond acceptors (Lipinski definition) is 4. The van der Waals surface area contributed by atoms with Gasteiger partial charge >= 0.3 is 0 Å². The third kappa shape index (κ3) is 6.45. The van der Waals surface area contributed by atoms with Crippen LogP contribution in [0.2, 0.25) is 0 Å². The van der Waals surface area contributed by atoms with Crippen LogP contribution in [0, 0.1) is 5.92 Å². The normalized spacial score (nSPS) is 11.2. The molecule has 0 unspecified atom stereocenters. The van der Waals surface area contributed by atoms with Crippen molar-refractivity contribution in [3.8, 4) is 0 Å². The van der Waals surface area contributed by atoms with Crippen LogP contribution in [-0.4, -0.2) is 27.3 Å². The standard InChI is InChI=1S/C26H29N3O4S/c1-19(2)16-25(30)28-22-9-7-8-20(17-22)18-27-26(31)21-12-14-24(15-13-21)34(32,33)29(3)23-10-5-4-6-11-23/h4-15,17,19H,16,18H2,1-3H3,(H,27,31)(H,28,30). The van der Waals surface area contributed by atoms with E-state index < -0.39 is 10.0 Å². The van der Waals surface area contributed by atoms with Gasteiger partial charge < -0.3 is 10.6 Å². The molecule has 0 aliphatic carbocycles. The molecule has 0 aromatic heterocycles. The summed E-state index contributed by atoms with van der Waals surface area (Å²) in [7, 11) is -2.25. The molecule has 0 bridgehead atoms. The summed E-state index contributed by atoms with van der Waals surface area (Å²) < 4.78 is 27.0. The van der Waals surface area contributed by atoms with Crippen LogP contribution in [0.25, 0.3) is 0 Å². The molecule has 3 rings (SSSR count). The second-order valence-electron chi connectivity index (χ2n) is 8.36. The maximum absolute atomic E-state index is 12.9. The molecule has 0 saturated carbocycles. The lowest BCUT2D eigenvalue weighted by atomic mass is 10.1. The average molecular weight is 480 g/mol. The summed E-state index contributed by atoms with van der Waals surface area (Å²) in [6.07, 6.45) is 0.438. The van der Waals surface area contributed by atoms with Crippen LogP contribution in [0.4, 0.5) is 11.4 Å². The summed E-state index contributed by atoms with van der Waals surface area (Å²) in [5.41, 5.74) is 2.41. The monoisotopic (exact) mass is 479 g/mol. The number of hydrogen-bond donors (Lipinski definition) is 2. The van der Waals surface area contributed by atoms with Crippen molar-refractivity contribution in [2.75, 3.05) is 16.7 Å². The molecular weight excluding hydrogens is 450 g/mol. The van der Waals surface area contributed by atoms with E-state index in [1.54, 1.807) is 30.3 Å². The molecule has 0 heterocycles. The Kier molecular flexibility index (Phi) is 8.07. The van der Waals surface area contributed by atoms with Gasteiger partial charge in [0.2, 0.25) is 5.91 Å². The molecule has 2 amide bonds. The van der Waals surface area contributed by atoms with Gasteiger partial charge in [-0.15, -0.1) is 0 Å². The van der Waals surface area contributed by atoms with Gasteiger partial charge in [-0.1, -0.05) is 44.2 Å². The van der Waals surface area contributed by atoms with Crippen LogP contribution in [0.3, 0.4) is 0 Å². The Morgan fingerprint density at radius 3 is 2.24 bits per heavy atom. The fourth-order valence-corrected chi connectivity index (χ4v) is 4.53. The van der Waals surface area contributed by atoms with E-state index in [1.165, 1.54) is 35.6 Å². The van der Waals surface area contributed by atoms with E-state index in [0.29, 0.717) is 23.4 Å². The number of carbonyl (C=O) groups excluding carboxylic acids is 2. The summed E-state index contributed by atoms with van der Waals surface area (Å²) in [5, 5.41) is 5.68. The third-order valence-corrected chi connectivity index (χ3v) is 6.95. The number of nitrogens with zero attached hydrogens (tertiary/aromatic N) is 1. The topological polar surface area (TPSA) is 95.6 Å². The Morgan fingerprint density at radius 1 is 0.912 bits per heavy atom. The highest BCUT2D eigenvalue weighted by molar-refractivity contribution is 7.92. The van der Waals surface area contributed by atoms with Crippen molar-refractivity contribution in [2.45, 2.75) is 31.7 Å². The van der Waals surface area contributed by atoms with Crippen molar-refractivity contribution in [1.82, 2.24) is 5.32 Å². The number of rotatable bonds is 9. The predicted molar refractivity (Wildman–Crippen MR) is 134 cm³/mol. The first-order valence-electron chi connectivity index (χ1n) is 11.0. The van der Waals surface area contributed by atoms with Gasteiger partial charge in [-0.05, 0) is 60.0 Å². The highest BCUT2D eigenvalue weighted by Gasteiger charge is 2.21. The lowest BCUT2D eigenvalue weighted by Gasteiger charge is -2.19. The summed E-state index contributed by atoms with van der Waals surface area (Å²) in [4.78, 5) is 24.7. The van der Waals surface area contributed by atoms with E-state index in [1.807, 2.05) is 38.1 Å². The van der Waals surface area contributed by atoms with E-state index in [-0.39, 0.29) is 29.2 Å². The number of amides is 2. The van der Waals surface area contributed by atoms with Gasteiger partial charge in [-0.2, -0.15) is 0 Å². The summed E-state index contributed by atoms with van der Waals surface area (Å²) in [6.45, 7) is 4.23. The Bertz CT molecular complexity index is 1240. The van der Waals surface area contributed by atoms with Crippen molar-refractivity contribution in [3.63, 3.8) is 0 Å². The van der Waals surface area contributed by atoms with Crippen molar-refractivity contribution >= 4 is 33.2 Å². The molecular formula is C26H29N3O4S. The van der Waals surface area contributed by atoms with Gasteiger partial charge in [0.1, 0.15) is 0 Å². The smallest absolute Gasteiger partial charge is 0.264 e. The number of para-hydroxylation sites is 1. The average Bonchev–Trinajstić information content (AvgIpc) is 2.82. The van der Waals surface area contributed by atoms with Gasteiger partial charge in [0.05, 0.1) is 10.6 Å². The SMILES string of the molecule is CC(C)CC(=O)Nc1cccc(CNC(=O)c2ccc(S(=O)(=O)N(C)c3ccccc3)cc2)c1. The number of carbonyl (C=O) groups is 2. The zero-order chi connectivity index (χ0) is 24.7. The molecule has 0 saturated heterocycles. The second-order valence-corrected chi connectivity index (χ2v) is 10.3. The van der Waals surface area contributed by atoms with Gasteiger partial charge in [-0.3, -0.25) is 13.9 Å². The Balaban J connectivity index is 1.62. The molecule has 2 N–H and O–H groups in total. The molecule has 178 valence electrons. The molecule has 8 heteroatoms.